The van der Waals surface area contributed by atoms with E-state index in [1.165, 1.54) is 16.7 Å². The first kappa shape index (κ1) is 41.2. The molecule has 0 heterocycles. The van der Waals surface area contributed by atoms with E-state index in [4.69, 9.17) is 10.2 Å². The molecule has 1 rings (SSSR count). The Morgan fingerprint density at radius 3 is 1.50 bits per heavy atom. The van der Waals surface area contributed by atoms with Gasteiger partial charge in [0.05, 0.1) is 0 Å². The van der Waals surface area contributed by atoms with Crippen LogP contribution in [0.3, 0.4) is 0 Å². The summed E-state index contributed by atoms with van der Waals surface area (Å²) in [6, 6.07) is 0. The minimum absolute atomic E-state index is 0. The third kappa shape index (κ3) is 32.5. The molecule has 0 saturated carbocycles. The van der Waals surface area contributed by atoms with Crippen molar-refractivity contribution in [3.63, 3.8) is 0 Å². The van der Waals surface area contributed by atoms with Crippen molar-refractivity contribution in [1.82, 2.24) is 0 Å². The molecule has 0 bridgehead atoms. The molecule has 26 heavy (non-hydrogen) atoms. The van der Waals surface area contributed by atoms with Crippen molar-refractivity contribution in [2.75, 3.05) is 6.61 Å². The SMILES string of the molecule is CC(C)(C)[NH-].CC1=[C-]C(C)C(C)=C1C.Cl.Cl.[CH2-]CO[Si](C)(C)C.[CH2]=[Ti].[CH3-]. The molecule has 0 aliphatic heterocycles. The molecule has 160 valence electrons. The number of rotatable bonds is 2. The predicted molar refractivity (Wildman–Crippen MR) is 127 cm³/mol. The summed E-state index contributed by atoms with van der Waals surface area (Å²) >= 11 is 1.75. The van der Waals surface area contributed by atoms with Gasteiger partial charge >= 0.3 is 24.8 Å². The summed E-state index contributed by atoms with van der Waals surface area (Å²) in [7, 11) is -1.22. The Balaban J connectivity index is -0.0000000539. The van der Waals surface area contributed by atoms with E-state index in [0.29, 0.717) is 12.5 Å². The number of allylic oxidation sites excluding steroid dienone is 4. The van der Waals surface area contributed by atoms with Gasteiger partial charge in [-0.15, -0.1) is 37.3 Å². The number of hydrogen-bond acceptors (Lipinski definition) is 1. The first-order chi connectivity index (χ1) is 10.2. The molecule has 1 unspecified atom stereocenters. The third-order valence-electron chi connectivity index (χ3n) is 2.77. The summed E-state index contributed by atoms with van der Waals surface area (Å²) in [6.45, 7) is 24.9. The van der Waals surface area contributed by atoms with Crippen molar-refractivity contribution >= 4 is 37.9 Å². The van der Waals surface area contributed by atoms with Crippen LogP contribution >= 0.6 is 24.8 Å². The average molecular weight is 460 g/mol. The smallest absolute Gasteiger partial charge is 0.358 e. The van der Waals surface area contributed by atoms with Crippen molar-refractivity contribution in [2.45, 2.75) is 73.6 Å². The largest absolute Gasteiger partial charge is 0.358 e. The van der Waals surface area contributed by atoms with E-state index in [0.717, 1.165) is 0 Å². The second-order valence-electron chi connectivity index (χ2n) is 7.51. The molecule has 0 spiro atoms. The van der Waals surface area contributed by atoms with E-state index < -0.39 is 8.32 Å². The summed E-state index contributed by atoms with van der Waals surface area (Å²) in [5.41, 5.74) is 10.9. The van der Waals surface area contributed by atoms with Crippen LogP contribution in [0.25, 0.3) is 5.73 Å². The molecule has 0 aromatic rings. The molecule has 0 fully saturated rings. The molecule has 1 aliphatic carbocycles. The molecule has 1 aliphatic rings. The summed E-state index contributed by atoms with van der Waals surface area (Å²) in [4.78, 5) is 3.25. The van der Waals surface area contributed by atoms with Crippen LogP contribution in [0.2, 0.25) is 19.6 Å². The molecule has 0 saturated heterocycles. The van der Waals surface area contributed by atoms with Crippen LogP contribution < -0.4 is 0 Å². The van der Waals surface area contributed by atoms with Gasteiger partial charge < -0.3 is 24.5 Å². The van der Waals surface area contributed by atoms with E-state index in [1.54, 1.807) is 20.0 Å². The number of hydrogen-bond donors (Lipinski definition) is 0. The van der Waals surface area contributed by atoms with Gasteiger partial charge in [0.15, 0.2) is 8.32 Å². The molecule has 0 aromatic carbocycles. The van der Waals surface area contributed by atoms with Crippen LogP contribution in [0, 0.1) is 26.3 Å². The van der Waals surface area contributed by atoms with Crippen LogP contribution in [-0.4, -0.2) is 25.3 Å². The quantitative estimate of drug-likeness (QED) is 0.310. The van der Waals surface area contributed by atoms with Crippen LogP contribution in [0.5, 0.6) is 0 Å². The molecule has 1 atom stereocenters. The molecule has 6 heteroatoms. The molecular weight excluding hydrogens is 417 g/mol. The Morgan fingerprint density at radius 1 is 1.15 bits per heavy atom. The van der Waals surface area contributed by atoms with Gasteiger partial charge in [-0.3, -0.25) is 6.08 Å². The zero-order valence-corrected chi connectivity index (χ0v) is 23.1. The van der Waals surface area contributed by atoms with Crippen molar-refractivity contribution in [3.05, 3.63) is 42.9 Å². The first-order valence-electron chi connectivity index (χ1n) is 8.00. The molecular formula is C20H43Cl2NOSiTi-4. The topological polar surface area (TPSA) is 33.0 Å². The van der Waals surface area contributed by atoms with Crippen molar-refractivity contribution in [1.29, 1.82) is 0 Å². The average Bonchev–Trinajstić information content (AvgIpc) is 2.56. The molecule has 0 radical (unpaired) electrons. The fraction of sp³-hybridized carbons (Fsp3) is 0.650. The number of halogens is 2. The Labute approximate surface area is 190 Å². The normalized spacial score (nSPS) is 15.0. The Kier molecular flexibility index (Phi) is 32.5. The minimum Gasteiger partial charge on any atom is -0.358 e. The maximum Gasteiger partial charge on any atom is -0.358 e. The van der Waals surface area contributed by atoms with Gasteiger partial charge in [0.25, 0.3) is 0 Å². The van der Waals surface area contributed by atoms with E-state index in [2.05, 4.69) is 65.2 Å². The van der Waals surface area contributed by atoms with E-state index in [-0.39, 0.29) is 37.8 Å². The maximum atomic E-state index is 6.94. The predicted octanol–water partition coefficient (Wildman–Crippen LogP) is 7.49. The van der Waals surface area contributed by atoms with Crippen LogP contribution in [0.1, 0.15) is 48.5 Å². The molecule has 0 aromatic heterocycles. The van der Waals surface area contributed by atoms with Gasteiger partial charge in [0.1, 0.15) is 0 Å². The van der Waals surface area contributed by atoms with E-state index >= 15 is 0 Å². The third-order valence-corrected chi connectivity index (χ3v) is 3.84. The van der Waals surface area contributed by atoms with Gasteiger partial charge in [-0.05, 0) is 19.6 Å². The Hall–Kier alpha value is 0.781. The second-order valence-corrected chi connectivity index (χ2v) is 12.0. The Bertz CT molecular complexity index is 380. The Morgan fingerprint density at radius 2 is 1.46 bits per heavy atom. The number of nitrogens with one attached hydrogen (secondary N) is 1. The summed E-state index contributed by atoms with van der Waals surface area (Å²) in [5.74, 6) is 0.560. The minimum atomic E-state index is -1.22. The van der Waals surface area contributed by atoms with Crippen LogP contribution in [0.15, 0.2) is 16.7 Å². The van der Waals surface area contributed by atoms with Gasteiger partial charge in [0.2, 0.25) is 0 Å². The van der Waals surface area contributed by atoms with E-state index in [1.807, 2.05) is 20.8 Å². The van der Waals surface area contributed by atoms with Gasteiger partial charge in [-0.2, -0.15) is 11.1 Å². The first-order valence-corrected chi connectivity index (χ1v) is 12.5. The summed E-state index contributed by atoms with van der Waals surface area (Å²) in [5, 5.41) is 0. The summed E-state index contributed by atoms with van der Waals surface area (Å²) in [6.07, 6.45) is 3.36. The van der Waals surface area contributed by atoms with Crippen molar-refractivity contribution in [2.24, 2.45) is 5.92 Å². The fourth-order valence-electron chi connectivity index (χ4n) is 1.47. The maximum absolute atomic E-state index is 6.94. The van der Waals surface area contributed by atoms with Gasteiger partial charge in [-0.1, -0.05) is 54.1 Å². The monoisotopic (exact) mass is 459 g/mol. The molecule has 0 amide bonds. The zero-order chi connectivity index (χ0) is 19.4. The molecule has 1 N–H and O–H groups in total. The molecule has 2 nitrogen and oxygen atoms in total. The van der Waals surface area contributed by atoms with Crippen molar-refractivity contribution < 1.29 is 24.4 Å². The van der Waals surface area contributed by atoms with Crippen LogP contribution in [-0.2, 0) is 24.4 Å². The fourth-order valence-corrected chi connectivity index (χ4v) is 2.08. The standard InChI is InChI=1S/C9H13.C5H13OSi.C4H10N.CH3.CH2.2ClH.Ti/c1-6-5-7(2)9(4)8(6)3;1-5-6-7(2,3)4;1-4(2,3)5;;;;;/h6H,1-4H3;1,5H2,2-4H3;5H,1-3H3;1H3;1H2;2*1H;/q4*-1;;;;. The van der Waals surface area contributed by atoms with Crippen molar-refractivity contribution in [3.8, 4) is 0 Å². The van der Waals surface area contributed by atoms with Gasteiger partial charge in [-0.25, -0.2) is 5.57 Å². The second kappa shape index (κ2) is 20.5. The van der Waals surface area contributed by atoms with E-state index in [9.17, 15) is 0 Å². The van der Waals surface area contributed by atoms with Crippen LogP contribution in [0.4, 0.5) is 0 Å². The zero-order valence-electron chi connectivity index (χ0n) is 18.9. The summed E-state index contributed by atoms with van der Waals surface area (Å²) < 4.78 is 5.26. The van der Waals surface area contributed by atoms with Gasteiger partial charge in [0, 0.05) is 0 Å².